The molecule has 18 heavy (non-hydrogen) atoms. The highest BCUT2D eigenvalue weighted by Gasteiger charge is 2.05. The van der Waals surface area contributed by atoms with E-state index in [0.717, 1.165) is 18.0 Å². The van der Waals surface area contributed by atoms with Crippen molar-refractivity contribution in [3.63, 3.8) is 0 Å². The topological polar surface area (TPSA) is 56.7 Å². The second-order valence-electron chi connectivity index (χ2n) is 4.34. The van der Waals surface area contributed by atoms with E-state index < -0.39 is 0 Å². The van der Waals surface area contributed by atoms with E-state index in [4.69, 9.17) is 5.73 Å². The zero-order chi connectivity index (χ0) is 13.0. The number of aryl methyl sites for hydroxylation is 1. The predicted molar refractivity (Wildman–Crippen MR) is 73.5 cm³/mol. The highest BCUT2D eigenvalue weighted by atomic mass is 32.2. The molecule has 0 bridgehead atoms. The summed E-state index contributed by atoms with van der Waals surface area (Å²) < 4.78 is 1.91. The number of rotatable bonds is 5. The lowest BCUT2D eigenvalue weighted by Gasteiger charge is -2.08. The molecule has 2 aromatic rings. The fourth-order valence-electron chi connectivity index (χ4n) is 1.61. The summed E-state index contributed by atoms with van der Waals surface area (Å²) in [4.78, 5) is 1.17. The zero-order valence-corrected chi connectivity index (χ0v) is 11.5. The molecule has 0 fully saturated rings. The highest BCUT2D eigenvalue weighted by Crippen LogP contribution is 2.25. The molecule has 0 radical (unpaired) electrons. The van der Waals surface area contributed by atoms with Gasteiger partial charge < -0.3 is 10.3 Å². The third-order valence-electron chi connectivity index (χ3n) is 2.82. The lowest BCUT2D eigenvalue weighted by molar-refractivity contribution is 0.646. The molecule has 2 N–H and O–H groups in total. The largest absolute Gasteiger partial charge is 0.327 e. The van der Waals surface area contributed by atoms with Gasteiger partial charge in [-0.2, -0.15) is 0 Å². The Balaban J connectivity index is 2.02. The van der Waals surface area contributed by atoms with Crippen LogP contribution in [0.4, 0.5) is 0 Å². The van der Waals surface area contributed by atoms with Crippen molar-refractivity contribution in [1.82, 2.24) is 14.8 Å². The van der Waals surface area contributed by atoms with E-state index in [9.17, 15) is 0 Å². The third kappa shape index (κ3) is 3.34. The molecule has 4 nitrogen and oxygen atoms in total. The van der Waals surface area contributed by atoms with Gasteiger partial charge in [0.2, 0.25) is 0 Å². The van der Waals surface area contributed by atoms with Gasteiger partial charge in [0.05, 0.1) is 0 Å². The predicted octanol–water partition coefficient (Wildman–Crippen LogP) is 2.25. The quantitative estimate of drug-likeness (QED) is 0.898. The normalized spacial score (nSPS) is 12.6. The van der Waals surface area contributed by atoms with Gasteiger partial charge >= 0.3 is 0 Å². The van der Waals surface area contributed by atoms with Crippen LogP contribution in [0.3, 0.4) is 0 Å². The summed E-state index contributed by atoms with van der Waals surface area (Å²) in [7, 11) is 1.94. The van der Waals surface area contributed by atoms with E-state index in [2.05, 4.69) is 41.4 Å². The standard InChI is InChI=1S/C13H18N4S/c1-3-11(14)8-10-4-6-12(7-5-10)18-13-16-15-9-17(13)2/h4-7,9,11H,3,8,14H2,1-2H3. The molecule has 1 atom stereocenters. The summed E-state index contributed by atoms with van der Waals surface area (Å²) in [5.74, 6) is 0. The second-order valence-corrected chi connectivity index (χ2v) is 5.38. The summed E-state index contributed by atoms with van der Waals surface area (Å²) in [5.41, 5.74) is 7.23. The molecule has 0 amide bonds. The molecule has 0 saturated carbocycles. The van der Waals surface area contributed by atoms with Crippen LogP contribution < -0.4 is 5.73 Å². The average Bonchev–Trinajstić information content (AvgIpc) is 2.77. The lowest BCUT2D eigenvalue weighted by Crippen LogP contribution is -2.21. The molecule has 0 spiro atoms. The van der Waals surface area contributed by atoms with Gasteiger partial charge in [-0.15, -0.1) is 10.2 Å². The smallest absolute Gasteiger partial charge is 0.195 e. The molecule has 0 aliphatic rings. The van der Waals surface area contributed by atoms with Crippen molar-refractivity contribution >= 4 is 11.8 Å². The maximum absolute atomic E-state index is 5.95. The van der Waals surface area contributed by atoms with E-state index in [1.54, 1.807) is 18.1 Å². The molecule has 5 heteroatoms. The summed E-state index contributed by atoms with van der Waals surface area (Å²) in [6.07, 6.45) is 3.65. The number of aromatic nitrogens is 3. The van der Waals surface area contributed by atoms with Crippen LogP contribution in [-0.2, 0) is 13.5 Å². The third-order valence-corrected chi connectivity index (χ3v) is 3.88. The Morgan fingerprint density at radius 3 is 2.61 bits per heavy atom. The maximum atomic E-state index is 5.95. The van der Waals surface area contributed by atoms with Crippen LogP contribution in [0.2, 0.25) is 0 Å². The first-order chi connectivity index (χ1) is 8.69. The van der Waals surface area contributed by atoms with E-state index >= 15 is 0 Å². The number of nitrogens with two attached hydrogens (primary N) is 1. The number of hydrogen-bond acceptors (Lipinski definition) is 4. The first kappa shape index (κ1) is 13.1. The van der Waals surface area contributed by atoms with Crippen molar-refractivity contribution in [2.45, 2.75) is 35.9 Å². The van der Waals surface area contributed by atoms with Crippen LogP contribution in [0, 0.1) is 0 Å². The van der Waals surface area contributed by atoms with Crippen LogP contribution in [0.1, 0.15) is 18.9 Å². The second kappa shape index (κ2) is 6.02. The minimum atomic E-state index is 0.252. The van der Waals surface area contributed by atoms with Crippen molar-refractivity contribution in [2.24, 2.45) is 12.8 Å². The van der Waals surface area contributed by atoms with Crippen LogP contribution in [0.15, 0.2) is 40.6 Å². The average molecular weight is 262 g/mol. The molecule has 1 aromatic heterocycles. The molecule has 1 aromatic carbocycles. The minimum Gasteiger partial charge on any atom is -0.327 e. The molecule has 1 unspecified atom stereocenters. The first-order valence-electron chi connectivity index (χ1n) is 6.05. The van der Waals surface area contributed by atoms with Gasteiger partial charge in [-0.1, -0.05) is 19.1 Å². The molecule has 1 heterocycles. The van der Waals surface area contributed by atoms with Crippen molar-refractivity contribution in [3.05, 3.63) is 36.2 Å². The van der Waals surface area contributed by atoms with Crippen molar-refractivity contribution in [3.8, 4) is 0 Å². The number of benzene rings is 1. The first-order valence-corrected chi connectivity index (χ1v) is 6.87. The Bertz CT molecular complexity index is 492. The highest BCUT2D eigenvalue weighted by molar-refractivity contribution is 7.99. The van der Waals surface area contributed by atoms with Gasteiger partial charge in [-0.05, 0) is 42.3 Å². The SMILES string of the molecule is CCC(N)Cc1ccc(Sc2nncn2C)cc1. The van der Waals surface area contributed by atoms with Gasteiger partial charge in [0.1, 0.15) is 6.33 Å². The van der Waals surface area contributed by atoms with E-state index in [1.165, 1.54) is 10.5 Å². The van der Waals surface area contributed by atoms with Gasteiger partial charge in [0.15, 0.2) is 5.16 Å². The molecule has 0 aliphatic heterocycles. The fraction of sp³-hybridized carbons (Fsp3) is 0.385. The number of nitrogens with zero attached hydrogens (tertiary/aromatic N) is 3. The monoisotopic (exact) mass is 262 g/mol. The maximum Gasteiger partial charge on any atom is 0.195 e. The summed E-state index contributed by atoms with van der Waals surface area (Å²) in [6.45, 7) is 2.11. The molecule has 0 saturated heterocycles. The molecule has 0 aliphatic carbocycles. The summed E-state index contributed by atoms with van der Waals surface area (Å²) in [6, 6.07) is 8.73. The number of hydrogen-bond donors (Lipinski definition) is 1. The van der Waals surface area contributed by atoms with Crippen LogP contribution in [0.25, 0.3) is 0 Å². The van der Waals surface area contributed by atoms with Crippen molar-refractivity contribution in [2.75, 3.05) is 0 Å². The van der Waals surface area contributed by atoms with Gasteiger partial charge in [-0.3, -0.25) is 0 Å². The van der Waals surface area contributed by atoms with Gasteiger partial charge in [0, 0.05) is 18.0 Å². The van der Waals surface area contributed by atoms with Gasteiger partial charge in [-0.25, -0.2) is 0 Å². The molecule has 2 rings (SSSR count). The van der Waals surface area contributed by atoms with Crippen LogP contribution >= 0.6 is 11.8 Å². The fourth-order valence-corrected chi connectivity index (χ4v) is 2.37. The van der Waals surface area contributed by atoms with Gasteiger partial charge in [0.25, 0.3) is 0 Å². The van der Waals surface area contributed by atoms with E-state index in [0.29, 0.717) is 0 Å². The Kier molecular flexibility index (Phi) is 4.38. The minimum absolute atomic E-state index is 0.252. The van der Waals surface area contributed by atoms with E-state index in [-0.39, 0.29) is 6.04 Å². The molecule has 96 valence electrons. The summed E-state index contributed by atoms with van der Waals surface area (Å²) >= 11 is 1.61. The lowest BCUT2D eigenvalue weighted by atomic mass is 10.1. The van der Waals surface area contributed by atoms with Crippen molar-refractivity contribution in [1.29, 1.82) is 0 Å². The molecular weight excluding hydrogens is 244 g/mol. The Morgan fingerprint density at radius 1 is 1.33 bits per heavy atom. The Morgan fingerprint density at radius 2 is 2.06 bits per heavy atom. The Labute approximate surface area is 112 Å². The van der Waals surface area contributed by atoms with E-state index in [1.807, 2.05) is 11.6 Å². The summed E-state index contributed by atoms with van der Waals surface area (Å²) in [5, 5.41) is 8.81. The van der Waals surface area contributed by atoms with Crippen molar-refractivity contribution < 1.29 is 0 Å². The van der Waals surface area contributed by atoms with Crippen LogP contribution in [-0.4, -0.2) is 20.8 Å². The zero-order valence-electron chi connectivity index (χ0n) is 10.7. The molecular formula is C13H18N4S. The van der Waals surface area contributed by atoms with Crippen LogP contribution in [0.5, 0.6) is 0 Å². The Hall–Kier alpha value is -1.33.